The van der Waals surface area contributed by atoms with Crippen molar-refractivity contribution < 1.29 is 0 Å². The number of H-pyrrole nitrogens is 1. The number of nitrogens with zero attached hydrogens (tertiary/aromatic N) is 6. The molecule has 0 bridgehead atoms. The second-order valence-corrected chi connectivity index (χ2v) is 6.06. The first kappa shape index (κ1) is 13.9. The van der Waals surface area contributed by atoms with Gasteiger partial charge in [0.15, 0.2) is 5.65 Å². The quantitative estimate of drug-likeness (QED) is 0.799. The number of nitriles is 1. The Balaban J connectivity index is 1.70. The van der Waals surface area contributed by atoms with Gasteiger partial charge in [-0.25, -0.2) is 0 Å². The summed E-state index contributed by atoms with van der Waals surface area (Å²) in [5.74, 6) is 0.540. The molecule has 7 heteroatoms. The van der Waals surface area contributed by atoms with Crippen molar-refractivity contribution in [3.05, 3.63) is 24.7 Å². The predicted molar refractivity (Wildman–Crippen MR) is 84.1 cm³/mol. The third kappa shape index (κ3) is 2.46. The van der Waals surface area contributed by atoms with Crippen molar-refractivity contribution in [1.29, 1.82) is 5.26 Å². The highest BCUT2D eigenvalue weighted by molar-refractivity contribution is 5.89. The summed E-state index contributed by atoms with van der Waals surface area (Å²) in [7, 11) is 0. The van der Waals surface area contributed by atoms with Crippen LogP contribution in [0.25, 0.3) is 22.3 Å². The van der Waals surface area contributed by atoms with E-state index in [4.69, 9.17) is 5.26 Å². The molecule has 0 aromatic carbocycles. The number of hydrogen-bond donors (Lipinski definition) is 1. The van der Waals surface area contributed by atoms with Crippen LogP contribution in [0.1, 0.15) is 38.1 Å². The zero-order chi connectivity index (χ0) is 15.6. The van der Waals surface area contributed by atoms with E-state index in [2.05, 4.69) is 31.6 Å². The summed E-state index contributed by atoms with van der Waals surface area (Å²) in [5.41, 5.74) is 2.39. The van der Waals surface area contributed by atoms with Crippen molar-refractivity contribution in [3.63, 3.8) is 0 Å². The van der Waals surface area contributed by atoms with Crippen LogP contribution in [0.15, 0.2) is 24.7 Å². The molecule has 1 N–H and O–H groups in total. The van der Waals surface area contributed by atoms with Crippen molar-refractivity contribution >= 4 is 11.0 Å². The highest BCUT2D eigenvalue weighted by atomic mass is 15.3. The van der Waals surface area contributed by atoms with Gasteiger partial charge in [-0.15, -0.1) is 10.2 Å². The fraction of sp³-hybridized carbons (Fsp3) is 0.438. The summed E-state index contributed by atoms with van der Waals surface area (Å²) in [6.07, 6.45) is 11.0. The third-order valence-electron chi connectivity index (χ3n) is 4.73. The number of hydrogen-bond acceptors (Lipinski definition) is 5. The molecule has 116 valence electrons. The Morgan fingerprint density at radius 3 is 3.04 bits per heavy atom. The summed E-state index contributed by atoms with van der Waals surface area (Å²) < 4.78 is 1.94. The lowest BCUT2D eigenvalue weighted by Gasteiger charge is -2.21. The zero-order valence-electron chi connectivity index (χ0n) is 12.7. The Kier molecular flexibility index (Phi) is 3.50. The third-order valence-corrected chi connectivity index (χ3v) is 4.73. The number of nitrogens with one attached hydrogen (secondary N) is 1. The van der Waals surface area contributed by atoms with Crippen molar-refractivity contribution in [3.8, 4) is 17.3 Å². The first-order valence-electron chi connectivity index (χ1n) is 7.95. The molecule has 0 aliphatic heterocycles. The summed E-state index contributed by atoms with van der Waals surface area (Å²) in [4.78, 5) is 3.04. The lowest BCUT2D eigenvalue weighted by molar-refractivity contribution is 0.315. The van der Waals surface area contributed by atoms with Gasteiger partial charge < -0.3 is 4.98 Å². The van der Waals surface area contributed by atoms with E-state index in [1.54, 1.807) is 6.20 Å². The van der Waals surface area contributed by atoms with Gasteiger partial charge >= 0.3 is 0 Å². The molecule has 0 unspecified atom stereocenters. The van der Waals surface area contributed by atoms with E-state index in [0.29, 0.717) is 18.0 Å². The monoisotopic (exact) mass is 307 g/mol. The molecule has 3 aromatic heterocycles. The van der Waals surface area contributed by atoms with Crippen LogP contribution in [-0.4, -0.2) is 30.2 Å². The molecule has 1 fully saturated rings. The fourth-order valence-electron chi connectivity index (χ4n) is 3.57. The Labute approximate surface area is 133 Å². The molecule has 1 atom stereocenters. The summed E-state index contributed by atoms with van der Waals surface area (Å²) >= 11 is 0. The van der Waals surface area contributed by atoms with Crippen LogP contribution in [-0.2, 0) is 0 Å². The van der Waals surface area contributed by atoms with E-state index in [1.807, 2.05) is 23.1 Å². The van der Waals surface area contributed by atoms with Crippen LogP contribution in [0.5, 0.6) is 0 Å². The zero-order valence-corrected chi connectivity index (χ0v) is 12.7. The van der Waals surface area contributed by atoms with Crippen LogP contribution in [0.3, 0.4) is 0 Å². The minimum atomic E-state index is 0.146. The number of rotatable bonds is 4. The topological polar surface area (TPSA) is 96.1 Å². The first-order chi connectivity index (χ1) is 11.4. The molecule has 3 heterocycles. The van der Waals surface area contributed by atoms with Crippen molar-refractivity contribution in [2.24, 2.45) is 5.92 Å². The average molecular weight is 307 g/mol. The maximum Gasteiger partial charge on any atom is 0.164 e. The minimum Gasteiger partial charge on any atom is -0.345 e. The fourth-order valence-corrected chi connectivity index (χ4v) is 3.57. The summed E-state index contributed by atoms with van der Waals surface area (Å²) in [6.45, 7) is 0. The molecule has 3 aromatic rings. The van der Waals surface area contributed by atoms with E-state index >= 15 is 0 Å². The number of aromatic amines is 1. The molecule has 0 radical (unpaired) electrons. The second kappa shape index (κ2) is 5.80. The van der Waals surface area contributed by atoms with Gasteiger partial charge in [0, 0.05) is 23.3 Å². The van der Waals surface area contributed by atoms with Gasteiger partial charge in [0.05, 0.1) is 24.7 Å². The van der Waals surface area contributed by atoms with Crippen molar-refractivity contribution in [2.45, 2.75) is 38.1 Å². The van der Waals surface area contributed by atoms with Gasteiger partial charge in [-0.05, 0) is 30.0 Å². The van der Waals surface area contributed by atoms with Gasteiger partial charge in [-0.3, -0.25) is 4.68 Å². The maximum atomic E-state index is 9.17. The molecule has 1 saturated carbocycles. The normalized spacial score (nSPS) is 16.7. The van der Waals surface area contributed by atoms with E-state index in [1.165, 1.54) is 25.7 Å². The highest BCUT2D eigenvalue weighted by Crippen LogP contribution is 2.36. The number of aromatic nitrogens is 6. The molecule has 0 spiro atoms. The molecule has 1 aliphatic rings. The standard InChI is InChI=1S/C16H17N7/c17-7-5-14(11-3-1-2-4-11)23-10-12(9-19-23)15-13-6-8-18-16(13)21-22-20-15/h6,8-11,14H,1-5H2,(H,18,20,21)/t14-/m1/s1. The Morgan fingerprint density at radius 1 is 1.35 bits per heavy atom. The maximum absolute atomic E-state index is 9.17. The molecular formula is C16H17N7. The molecule has 0 amide bonds. The van der Waals surface area contributed by atoms with Crippen LogP contribution in [0, 0.1) is 17.2 Å². The van der Waals surface area contributed by atoms with Crippen molar-refractivity contribution in [2.75, 3.05) is 0 Å². The van der Waals surface area contributed by atoms with Crippen LogP contribution >= 0.6 is 0 Å². The molecule has 7 nitrogen and oxygen atoms in total. The average Bonchev–Trinajstić information content (AvgIpc) is 3.32. The van der Waals surface area contributed by atoms with Gasteiger partial charge in [0.2, 0.25) is 0 Å². The van der Waals surface area contributed by atoms with Crippen LogP contribution in [0.4, 0.5) is 0 Å². The molecular weight excluding hydrogens is 290 g/mol. The molecule has 0 saturated heterocycles. The molecule has 1 aliphatic carbocycles. The van der Waals surface area contributed by atoms with Gasteiger partial charge in [-0.1, -0.05) is 12.8 Å². The van der Waals surface area contributed by atoms with E-state index in [9.17, 15) is 0 Å². The van der Waals surface area contributed by atoms with Gasteiger partial charge in [0.1, 0.15) is 5.69 Å². The summed E-state index contributed by atoms with van der Waals surface area (Å²) in [5, 5.41) is 26.6. The summed E-state index contributed by atoms with van der Waals surface area (Å²) in [6, 6.07) is 4.40. The van der Waals surface area contributed by atoms with Crippen LogP contribution in [0.2, 0.25) is 0 Å². The van der Waals surface area contributed by atoms with E-state index in [0.717, 1.165) is 16.6 Å². The largest absolute Gasteiger partial charge is 0.345 e. The Bertz CT molecular complexity index is 851. The smallest absolute Gasteiger partial charge is 0.164 e. The van der Waals surface area contributed by atoms with Gasteiger partial charge in [-0.2, -0.15) is 10.4 Å². The molecule has 4 rings (SSSR count). The lowest BCUT2D eigenvalue weighted by atomic mass is 9.96. The lowest BCUT2D eigenvalue weighted by Crippen LogP contribution is -2.17. The molecule has 23 heavy (non-hydrogen) atoms. The van der Waals surface area contributed by atoms with Gasteiger partial charge in [0.25, 0.3) is 0 Å². The SMILES string of the molecule is N#CC[C@H](C1CCCC1)n1cc(-c2nnnc3[nH]ccc23)cn1. The van der Waals surface area contributed by atoms with E-state index in [-0.39, 0.29) is 6.04 Å². The first-order valence-corrected chi connectivity index (χ1v) is 7.95. The van der Waals surface area contributed by atoms with Crippen molar-refractivity contribution in [1.82, 2.24) is 30.2 Å². The number of fused-ring (bicyclic) bond motifs is 1. The van der Waals surface area contributed by atoms with Crippen LogP contribution < -0.4 is 0 Å². The van der Waals surface area contributed by atoms with E-state index < -0.39 is 0 Å². The Morgan fingerprint density at radius 2 is 2.22 bits per heavy atom. The highest BCUT2D eigenvalue weighted by Gasteiger charge is 2.27. The Hall–Kier alpha value is -2.75. The minimum absolute atomic E-state index is 0.146. The second-order valence-electron chi connectivity index (χ2n) is 6.06. The predicted octanol–water partition coefficient (Wildman–Crippen LogP) is 2.86.